The Kier molecular flexibility index (Phi) is 1.69. The van der Waals surface area contributed by atoms with Crippen LogP contribution in [0.25, 0.3) is 11.2 Å². The number of nitrogens with one attached hydrogen (secondary N) is 1. The summed E-state index contributed by atoms with van der Waals surface area (Å²) in [6.07, 6.45) is 2.55. The first-order chi connectivity index (χ1) is 5.81. The first kappa shape index (κ1) is 7.49. The third-order valence-electron chi connectivity index (χ3n) is 1.66. The molecule has 0 fully saturated rings. The van der Waals surface area contributed by atoms with Crippen LogP contribution in [0.2, 0.25) is 0 Å². The first-order valence-electron chi connectivity index (χ1n) is 3.78. The quantitative estimate of drug-likeness (QED) is 0.685. The molecule has 2 aromatic heterocycles. The Morgan fingerprint density at radius 2 is 2.50 bits per heavy atom. The molecule has 0 aliphatic heterocycles. The maximum Gasteiger partial charge on any atom is 0.226 e. The molecule has 2 rings (SSSR count). The Labute approximate surface area is 74.4 Å². The van der Waals surface area contributed by atoms with E-state index in [2.05, 4.69) is 9.97 Å². The average molecular weight is 180 g/mol. The predicted molar refractivity (Wildman–Crippen MR) is 48.6 cm³/mol. The minimum absolute atomic E-state index is 0.666. The number of hydrogen-bond donors (Lipinski definition) is 1. The van der Waals surface area contributed by atoms with Crippen molar-refractivity contribution in [2.45, 2.75) is 13.3 Å². The van der Waals surface area contributed by atoms with Crippen molar-refractivity contribution < 1.29 is 4.42 Å². The molecule has 0 atom stereocenters. The Hall–Kier alpha value is -1.16. The highest BCUT2D eigenvalue weighted by Gasteiger charge is 2.03. The third-order valence-corrected chi connectivity index (χ3v) is 1.99. The molecule has 0 aliphatic rings. The van der Waals surface area contributed by atoms with Gasteiger partial charge in [-0.3, -0.25) is 0 Å². The highest BCUT2D eigenvalue weighted by atomic mass is 32.1. The van der Waals surface area contributed by atoms with E-state index in [-0.39, 0.29) is 0 Å². The van der Waals surface area contributed by atoms with E-state index < -0.39 is 0 Å². The van der Waals surface area contributed by atoms with E-state index >= 15 is 0 Å². The van der Waals surface area contributed by atoms with E-state index in [1.54, 1.807) is 12.3 Å². The molecular formula is C8H8N2OS. The Morgan fingerprint density at radius 1 is 1.67 bits per heavy atom. The summed E-state index contributed by atoms with van der Waals surface area (Å²) < 4.78 is 6.09. The summed E-state index contributed by atoms with van der Waals surface area (Å²) in [6, 6.07) is 1.81. The van der Waals surface area contributed by atoms with E-state index in [0.717, 1.165) is 22.3 Å². The van der Waals surface area contributed by atoms with E-state index in [4.69, 9.17) is 16.6 Å². The lowest BCUT2D eigenvalue weighted by Gasteiger charge is -1.83. The second kappa shape index (κ2) is 2.71. The molecule has 12 heavy (non-hydrogen) atoms. The number of H-pyrrole nitrogens is 1. The number of rotatable bonds is 1. The summed E-state index contributed by atoms with van der Waals surface area (Å²) in [5.74, 6) is 0.721. The molecule has 0 unspecified atom stereocenters. The maximum atomic E-state index is 5.36. The van der Waals surface area contributed by atoms with Crippen LogP contribution in [0, 0.1) is 4.51 Å². The van der Waals surface area contributed by atoms with Crippen LogP contribution in [-0.2, 0) is 6.42 Å². The van der Waals surface area contributed by atoms with Gasteiger partial charge in [-0.25, -0.2) is 4.98 Å². The second-order valence-electron chi connectivity index (χ2n) is 2.48. The lowest BCUT2D eigenvalue weighted by atomic mass is 10.4. The molecule has 0 aliphatic carbocycles. The van der Waals surface area contributed by atoms with E-state index in [9.17, 15) is 0 Å². The lowest BCUT2D eigenvalue weighted by Crippen LogP contribution is -1.76. The summed E-state index contributed by atoms with van der Waals surface area (Å²) >= 11 is 5.07. The van der Waals surface area contributed by atoms with Crippen LogP contribution < -0.4 is 0 Å². The van der Waals surface area contributed by atoms with Gasteiger partial charge in [0.15, 0.2) is 5.89 Å². The van der Waals surface area contributed by atoms with Crippen molar-refractivity contribution in [3.05, 3.63) is 22.7 Å². The molecule has 0 spiro atoms. The number of aromatic amines is 1. The topological polar surface area (TPSA) is 41.8 Å². The number of hydrogen-bond acceptors (Lipinski definition) is 3. The summed E-state index contributed by atoms with van der Waals surface area (Å²) in [6.45, 7) is 1.99. The molecule has 0 amide bonds. The highest BCUT2D eigenvalue weighted by Crippen LogP contribution is 2.13. The van der Waals surface area contributed by atoms with E-state index in [1.807, 2.05) is 6.92 Å². The largest absolute Gasteiger partial charge is 0.424 e. The number of nitrogens with zero attached hydrogens (tertiary/aromatic N) is 1. The van der Waals surface area contributed by atoms with Gasteiger partial charge >= 0.3 is 0 Å². The standard InChI is InChI=1S/C8H8N2OS/c1-2-6-10-7-5(12)3-4-9-8(7)11-6/h3-4H,2H2,1H3,(H,9,12). The van der Waals surface area contributed by atoms with Crippen LogP contribution in [0.1, 0.15) is 12.8 Å². The van der Waals surface area contributed by atoms with Gasteiger partial charge in [-0.2, -0.15) is 0 Å². The third kappa shape index (κ3) is 1.04. The van der Waals surface area contributed by atoms with Crippen LogP contribution in [-0.4, -0.2) is 9.97 Å². The molecule has 0 radical (unpaired) electrons. The Morgan fingerprint density at radius 3 is 3.17 bits per heavy atom. The van der Waals surface area contributed by atoms with Gasteiger partial charge < -0.3 is 9.40 Å². The van der Waals surface area contributed by atoms with Crippen molar-refractivity contribution >= 4 is 23.4 Å². The molecule has 0 saturated carbocycles. The monoisotopic (exact) mass is 180 g/mol. The maximum absolute atomic E-state index is 5.36. The smallest absolute Gasteiger partial charge is 0.226 e. The van der Waals surface area contributed by atoms with Gasteiger partial charge in [0.1, 0.15) is 5.52 Å². The molecule has 0 bridgehead atoms. The molecule has 2 aromatic rings. The van der Waals surface area contributed by atoms with Crippen molar-refractivity contribution in [1.82, 2.24) is 9.97 Å². The van der Waals surface area contributed by atoms with Crippen molar-refractivity contribution in [3.8, 4) is 0 Å². The van der Waals surface area contributed by atoms with Gasteiger partial charge in [-0.05, 0) is 6.07 Å². The summed E-state index contributed by atoms with van der Waals surface area (Å²) in [7, 11) is 0. The number of oxazole rings is 1. The molecule has 0 saturated heterocycles. The highest BCUT2D eigenvalue weighted by molar-refractivity contribution is 7.71. The zero-order valence-corrected chi connectivity index (χ0v) is 7.44. The lowest BCUT2D eigenvalue weighted by molar-refractivity contribution is 0.529. The zero-order valence-electron chi connectivity index (χ0n) is 6.63. The van der Waals surface area contributed by atoms with Gasteiger partial charge in [0.05, 0.1) is 4.51 Å². The van der Waals surface area contributed by atoms with Gasteiger partial charge in [0, 0.05) is 12.6 Å². The van der Waals surface area contributed by atoms with Gasteiger partial charge in [0.2, 0.25) is 5.71 Å². The fourth-order valence-corrected chi connectivity index (χ4v) is 1.26. The van der Waals surface area contributed by atoms with E-state index in [0.29, 0.717) is 5.71 Å². The van der Waals surface area contributed by atoms with Crippen LogP contribution in [0.4, 0.5) is 0 Å². The average Bonchev–Trinajstić information content (AvgIpc) is 2.49. The van der Waals surface area contributed by atoms with Gasteiger partial charge in [-0.1, -0.05) is 19.1 Å². The van der Waals surface area contributed by atoms with Gasteiger partial charge in [0.25, 0.3) is 0 Å². The summed E-state index contributed by atoms with van der Waals surface area (Å²) in [4.78, 5) is 7.18. The number of fused-ring (bicyclic) bond motifs is 1. The van der Waals surface area contributed by atoms with Crippen LogP contribution in [0.15, 0.2) is 16.7 Å². The SMILES string of the molecule is CCc1nc2c(=S)cc[nH]c2o1. The van der Waals surface area contributed by atoms with Crippen molar-refractivity contribution in [2.24, 2.45) is 0 Å². The first-order valence-corrected chi connectivity index (χ1v) is 4.19. The second-order valence-corrected chi connectivity index (χ2v) is 2.92. The Balaban J connectivity index is 2.83. The van der Waals surface area contributed by atoms with Crippen LogP contribution in [0.5, 0.6) is 0 Å². The zero-order chi connectivity index (χ0) is 8.55. The molecule has 2 heterocycles. The fourth-order valence-electron chi connectivity index (χ4n) is 1.05. The molecule has 1 N–H and O–H groups in total. The van der Waals surface area contributed by atoms with E-state index in [1.165, 1.54) is 0 Å². The number of aromatic nitrogens is 2. The minimum atomic E-state index is 0.666. The summed E-state index contributed by atoms with van der Waals surface area (Å²) in [5.41, 5.74) is 1.42. The molecule has 62 valence electrons. The normalized spacial score (nSPS) is 10.8. The van der Waals surface area contributed by atoms with Crippen molar-refractivity contribution in [2.75, 3.05) is 0 Å². The molecule has 0 aromatic carbocycles. The van der Waals surface area contributed by atoms with Gasteiger partial charge in [-0.15, -0.1) is 0 Å². The van der Waals surface area contributed by atoms with Crippen molar-refractivity contribution in [1.29, 1.82) is 0 Å². The molecule has 3 nitrogen and oxygen atoms in total. The fraction of sp³-hybridized carbons (Fsp3) is 0.250. The van der Waals surface area contributed by atoms with Crippen molar-refractivity contribution in [3.63, 3.8) is 0 Å². The van der Waals surface area contributed by atoms with Crippen LogP contribution >= 0.6 is 12.2 Å². The summed E-state index contributed by atoms with van der Waals surface area (Å²) in [5, 5.41) is 0. The predicted octanol–water partition coefficient (Wildman–Crippen LogP) is 2.45. The number of pyridine rings is 1. The number of aryl methyl sites for hydroxylation is 1. The minimum Gasteiger partial charge on any atom is -0.424 e. The Bertz CT molecular complexity index is 457. The molecule has 4 heteroatoms. The molecular weight excluding hydrogens is 172 g/mol. The van der Waals surface area contributed by atoms with Crippen LogP contribution in [0.3, 0.4) is 0 Å².